The molecule has 1 amide bonds. The summed E-state index contributed by atoms with van der Waals surface area (Å²) in [5, 5.41) is 15.3. The van der Waals surface area contributed by atoms with Crippen molar-refractivity contribution in [2.45, 2.75) is 39.9 Å². The number of amides is 1. The average molecular weight is 463 g/mol. The van der Waals surface area contributed by atoms with Crippen LogP contribution >= 0.6 is 7.60 Å². The lowest BCUT2D eigenvalue weighted by Crippen LogP contribution is -2.42. The molecule has 2 rings (SSSR count). The Kier molecular flexibility index (Phi) is 8.89. The molecule has 0 radical (unpaired) electrons. The molecule has 2 aromatic carbocycles. The normalized spacial score (nSPS) is 12.0. The minimum absolute atomic E-state index is 0.0480. The number of hydrazine groups is 1. The summed E-state index contributed by atoms with van der Waals surface area (Å²) in [4.78, 5) is 23.1. The van der Waals surface area contributed by atoms with Gasteiger partial charge in [0.05, 0.1) is 17.1 Å². The molecule has 0 unspecified atom stereocenters. The van der Waals surface area contributed by atoms with Crippen molar-refractivity contribution >= 4 is 30.5 Å². The number of rotatable bonds is 9. The van der Waals surface area contributed by atoms with Crippen LogP contribution in [0.2, 0.25) is 0 Å². The number of para-hydroxylation sites is 2. The summed E-state index contributed by atoms with van der Waals surface area (Å²) in [7, 11) is -4.07. The fourth-order valence-electron chi connectivity index (χ4n) is 2.45. The standard InChI is InChI=1S/C20H26N5O6P/c1-14(2)30-32(29,31-15(3)4)20(24-22-19(26)16-10-6-5-7-11-16)23-21-17-12-8-9-13-18(17)25(27)28/h5-15,21H,1-4H3,(H,22,26)(H,23,24). The van der Waals surface area contributed by atoms with E-state index in [1.165, 1.54) is 18.2 Å². The van der Waals surface area contributed by atoms with E-state index >= 15 is 0 Å². The van der Waals surface area contributed by atoms with E-state index in [0.717, 1.165) is 0 Å². The van der Waals surface area contributed by atoms with Gasteiger partial charge in [-0.1, -0.05) is 30.3 Å². The number of anilines is 1. The summed E-state index contributed by atoms with van der Waals surface area (Å²) in [5.41, 5.74) is 7.18. The molecule has 0 heterocycles. The van der Waals surface area contributed by atoms with E-state index < -0.39 is 30.6 Å². The van der Waals surface area contributed by atoms with Gasteiger partial charge in [0.15, 0.2) is 0 Å². The van der Waals surface area contributed by atoms with Crippen LogP contribution in [0, 0.1) is 10.1 Å². The predicted octanol–water partition coefficient (Wildman–Crippen LogP) is 4.26. The molecule has 2 aromatic rings. The molecular weight excluding hydrogens is 437 g/mol. The third-order valence-electron chi connectivity index (χ3n) is 3.67. The number of nitro benzene ring substituents is 1. The molecule has 32 heavy (non-hydrogen) atoms. The lowest BCUT2D eigenvalue weighted by molar-refractivity contribution is -0.384. The van der Waals surface area contributed by atoms with Crippen molar-refractivity contribution < 1.29 is 23.3 Å². The van der Waals surface area contributed by atoms with Crippen molar-refractivity contribution in [1.82, 2.24) is 10.9 Å². The van der Waals surface area contributed by atoms with Gasteiger partial charge in [0, 0.05) is 11.6 Å². The first-order chi connectivity index (χ1) is 15.1. The van der Waals surface area contributed by atoms with Gasteiger partial charge in [-0.25, -0.2) is 0 Å². The predicted molar refractivity (Wildman–Crippen MR) is 121 cm³/mol. The molecule has 12 heteroatoms. The lowest BCUT2D eigenvalue weighted by atomic mass is 10.2. The van der Waals surface area contributed by atoms with Gasteiger partial charge in [-0.2, -0.15) is 0 Å². The molecule has 0 fully saturated rings. The SMILES string of the molecule is CC(C)OP(=O)(OC(C)C)C(=NNc1ccccc1[N+](=O)[O-])NNC(=O)c1ccccc1. The van der Waals surface area contributed by atoms with E-state index in [0.29, 0.717) is 5.56 Å². The van der Waals surface area contributed by atoms with Crippen LogP contribution in [0.25, 0.3) is 0 Å². The van der Waals surface area contributed by atoms with Crippen molar-refractivity contribution in [2.75, 3.05) is 5.43 Å². The summed E-state index contributed by atoms with van der Waals surface area (Å²) >= 11 is 0. The zero-order valence-corrected chi connectivity index (χ0v) is 19.0. The molecule has 0 atom stereocenters. The number of nitro groups is 1. The Morgan fingerprint density at radius 1 is 0.969 bits per heavy atom. The van der Waals surface area contributed by atoms with Crippen LogP contribution in [0.15, 0.2) is 59.7 Å². The van der Waals surface area contributed by atoms with Crippen LogP contribution in [0.3, 0.4) is 0 Å². The van der Waals surface area contributed by atoms with Gasteiger partial charge >= 0.3 is 7.60 Å². The minimum atomic E-state index is -4.07. The highest BCUT2D eigenvalue weighted by Crippen LogP contribution is 2.51. The van der Waals surface area contributed by atoms with Crippen LogP contribution in [0.5, 0.6) is 0 Å². The fourth-order valence-corrected chi connectivity index (χ4v) is 4.18. The first kappa shape index (κ1) is 25.0. The molecule has 0 saturated carbocycles. The Hall–Kier alpha value is -3.27. The molecule has 0 saturated heterocycles. The molecule has 0 bridgehead atoms. The number of amidine groups is 1. The van der Waals surface area contributed by atoms with Gasteiger partial charge in [0.1, 0.15) is 5.69 Å². The smallest absolute Gasteiger partial charge is 0.300 e. The summed E-state index contributed by atoms with van der Waals surface area (Å²) in [6, 6.07) is 14.1. The van der Waals surface area contributed by atoms with Crippen molar-refractivity contribution in [1.29, 1.82) is 0 Å². The Labute approximate surface area is 185 Å². The molecule has 172 valence electrons. The topological polar surface area (TPSA) is 144 Å². The Morgan fingerprint density at radius 3 is 2.09 bits per heavy atom. The van der Waals surface area contributed by atoms with Gasteiger partial charge in [0.2, 0.25) is 0 Å². The third kappa shape index (κ3) is 7.16. The lowest BCUT2D eigenvalue weighted by Gasteiger charge is -2.24. The average Bonchev–Trinajstić information content (AvgIpc) is 2.73. The molecule has 11 nitrogen and oxygen atoms in total. The number of carbonyl (C=O) groups is 1. The second kappa shape index (κ2) is 11.4. The van der Waals surface area contributed by atoms with Crippen molar-refractivity contribution in [3.63, 3.8) is 0 Å². The third-order valence-corrected chi connectivity index (χ3v) is 5.79. The largest absolute Gasteiger partial charge is 0.400 e. The van der Waals surface area contributed by atoms with Crippen LogP contribution in [0.4, 0.5) is 11.4 Å². The summed E-state index contributed by atoms with van der Waals surface area (Å²) in [5.74, 6) is -0.523. The molecule has 0 aliphatic heterocycles. The first-order valence-corrected chi connectivity index (χ1v) is 11.3. The quantitative estimate of drug-likeness (QED) is 0.165. The number of nitrogens with zero attached hydrogens (tertiary/aromatic N) is 2. The summed E-state index contributed by atoms with van der Waals surface area (Å²) < 4.78 is 24.6. The molecule has 0 aromatic heterocycles. The molecule has 0 aliphatic rings. The number of nitrogens with one attached hydrogen (secondary N) is 3. The second-order valence-electron chi connectivity index (χ2n) is 7.07. The Balaban J connectivity index is 2.38. The van der Waals surface area contributed by atoms with Crippen LogP contribution < -0.4 is 16.3 Å². The van der Waals surface area contributed by atoms with Crippen molar-refractivity contribution in [2.24, 2.45) is 5.10 Å². The van der Waals surface area contributed by atoms with Gasteiger partial charge < -0.3 is 9.05 Å². The summed E-state index contributed by atoms with van der Waals surface area (Å²) in [6.45, 7) is 6.63. The van der Waals surface area contributed by atoms with Crippen LogP contribution in [0.1, 0.15) is 38.1 Å². The molecule has 0 spiro atoms. The van der Waals surface area contributed by atoms with E-state index in [9.17, 15) is 19.5 Å². The zero-order chi connectivity index (χ0) is 23.7. The highest BCUT2D eigenvalue weighted by atomic mass is 31.2. The maximum Gasteiger partial charge on any atom is 0.400 e. The number of hydrogen-bond donors (Lipinski definition) is 3. The van der Waals surface area contributed by atoms with E-state index in [4.69, 9.17) is 9.05 Å². The number of hydrogen-bond acceptors (Lipinski definition) is 8. The van der Waals surface area contributed by atoms with E-state index in [2.05, 4.69) is 21.4 Å². The molecular formula is C20H26N5O6P. The summed E-state index contributed by atoms with van der Waals surface area (Å²) in [6.07, 6.45) is -1.02. The first-order valence-electron chi connectivity index (χ1n) is 9.78. The highest BCUT2D eigenvalue weighted by molar-refractivity contribution is 7.72. The van der Waals surface area contributed by atoms with Gasteiger partial charge in [0.25, 0.3) is 17.2 Å². The van der Waals surface area contributed by atoms with E-state index in [-0.39, 0.29) is 17.0 Å². The van der Waals surface area contributed by atoms with Crippen LogP contribution in [-0.4, -0.2) is 28.6 Å². The second-order valence-corrected chi connectivity index (χ2v) is 8.91. The number of hydrazone groups is 1. The number of carbonyl (C=O) groups excluding carboxylic acids is 1. The maximum atomic E-state index is 13.6. The minimum Gasteiger partial charge on any atom is -0.300 e. The van der Waals surface area contributed by atoms with Crippen molar-refractivity contribution in [3.05, 3.63) is 70.3 Å². The monoisotopic (exact) mass is 463 g/mol. The van der Waals surface area contributed by atoms with Gasteiger partial charge in [-0.05, 0) is 45.9 Å². The van der Waals surface area contributed by atoms with Crippen LogP contribution in [-0.2, 0) is 13.6 Å². The molecule has 3 N–H and O–H groups in total. The maximum absolute atomic E-state index is 13.6. The molecule has 0 aliphatic carbocycles. The van der Waals surface area contributed by atoms with Gasteiger partial charge in [-0.3, -0.25) is 35.8 Å². The number of benzene rings is 2. The Morgan fingerprint density at radius 2 is 1.53 bits per heavy atom. The van der Waals surface area contributed by atoms with Crippen molar-refractivity contribution in [3.8, 4) is 0 Å². The highest BCUT2D eigenvalue weighted by Gasteiger charge is 2.36. The van der Waals surface area contributed by atoms with E-state index in [1.807, 2.05) is 0 Å². The Bertz CT molecular complexity index is 999. The zero-order valence-electron chi connectivity index (χ0n) is 18.1. The van der Waals surface area contributed by atoms with E-state index in [1.54, 1.807) is 64.1 Å². The fraction of sp³-hybridized carbons (Fsp3) is 0.300. The van der Waals surface area contributed by atoms with Gasteiger partial charge in [-0.15, -0.1) is 5.10 Å².